The van der Waals surface area contributed by atoms with E-state index in [-0.39, 0.29) is 11.9 Å². The summed E-state index contributed by atoms with van der Waals surface area (Å²) in [5, 5.41) is 0. The molecule has 1 atom stereocenters. The zero-order valence-corrected chi connectivity index (χ0v) is 13.2. The Morgan fingerprint density at radius 3 is 2.70 bits per heavy atom. The van der Waals surface area contributed by atoms with Crippen molar-refractivity contribution in [2.45, 2.75) is 51.1 Å². The van der Waals surface area contributed by atoms with Crippen molar-refractivity contribution < 1.29 is 9.59 Å². The molecule has 0 aromatic carbocycles. The van der Waals surface area contributed by atoms with Gasteiger partial charge in [-0.3, -0.25) is 9.78 Å². The van der Waals surface area contributed by atoms with Gasteiger partial charge in [-0.25, -0.2) is 0 Å². The van der Waals surface area contributed by atoms with Crippen LogP contribution in [0, 0.1) is 0 Å². The minimum absolute atomic E-state index is 0.106. The number of rotatable bonds is 4. The first-order chi connectivity index (χ1) is 9.63. The molecule has 0 unspecified atom stereocenters. The summed E-state index contributed by atoms with van der Waals surface area (Å²) in [6, 6.07) is 1.52. The predicted molar refractivity (Wildman–Crippen MR) is 80.5 cm³/mol. The minimum atomic E-state index is -0.399. The summed E-state index contributed by atoms with van der Waals surface area (Å²) >= 11 is 3.33. The van der Waals surface area contributed by atoms with Gasteiger partial charge in [-0.05, 0) is 41.8 Å². The first-order valence-corrected chi connectivity index (χ1v) is 7.81. The third-order valence-electron chi connectivity index (χ3n) is 3.79. The van der Waals surface area contributed by atoms with Gasteiger partial charge < -0.3 is 9.69 Å². The highest BCUT2D eigenvalue weighted by molar-refractivity contribution is 9.10. The van der Waals surface area contributed by atoms with Crippen LogP contribution < -0.4 is 0 Å². The van der Waals surface area contributed by atoms with Crippen LogP contribution in [0.25, 0.3) is 0 Å². The van der Waals surface area contributed by atoms with E-state index in [0.29, 0.717) is 5.56 Å². The fraction of sp³-hybridized carbons (Fsp3) is 0.533. The van der Waals surface area contributed by atoms with Crippen LogP contribution in [-0.4, -0.2) is 34.2 Å². The molecule has 2 rings (SSSR count). The van der Waals surface area contributed by atoms with Gasteiger partial charge >= 0.3 is 0 Å². The Balaban J connectivity index is 2.25. The molecule has 1 saturated carbocycles. The molecule has 5 heteroatoms. The van der Waals surface area contributed by atoms with Crippen LogP contribution in [0.2, 0.25) is 0 Å². The number of hydrogen-bond donors (Lipinski definition) is 0. The molecular formula is C15H19BrN2O2. The van der Waals surface area contributed by atoms with E-state index in [1.807, 2.05) is 0 Å². The van der Waals surface area contributed by atoms with Crippen LogP contribution in [0.3, 0.4) is 0 Å². The Hall–Kier alpha value is -1.23. The quantitative estimate of drug-likeness (QED) is 0.792. The minimum Gasteiger partial charge on any atom is -0.326 e. The molecule has 1 heterocycles. The van der Waals surface area contributed by atoms with E-state index < -0.39 is 6.04 Å². The molecule has 1 aliphatic carbocycles. The zero-order chi connectivity index (χ0) is 14.5. The van der Waals surface area contributed by atoms with Crippen LogP contribution in [0.1, 0.15) is 49.4 Å². The average molecular weight is 339 g/mol. The number of carbonyl (C=O) groups excluding carboxylic acids is 2. The third kappa shape index (κ3) is 3.45. The summed E-state index contributed by atoms with van der Waals surface area (Å²) < 4.78 is 0.769. The molecule has 0 bridgehead atoms. The Morgan fingerprint density at radius 1 is 1.40 bits per heavy atom. The maximum atomic E-state index is 12.7. The van der Waals surface area contributed by atoms with Crippen LogP contribution in [-0.2, 0) is 4.79 Å². The van der Waals surface area contributed by atoms with E-state index in [0.717, 1.165) is 36.4 Å². The van der Waals surface area contributed by atoms with E-state index >= 15 is 0 Å². The van der Waals surface area contributed by atoms with Crippen LogP contribution >= 0.6 is 15.9 Å². The summed E-state index contributed by atoms with van der Waals surface area (Å²) in [5.74, 6) is -0.106. The lowest BCUT2D eigenvalue weighted by atomic mass is 9.93. The predicted octanol–water partition coefficient (Wildman–Crippen LogP) is 3.21. The van der Waals surface area contributed by atoms with Crippen molar-refractivity contribution in [3.8, 4) is 0 Å². The molecule has 1 aliphatic rings. The van der Waals surface area contributed by atoms with E-state index in [2.05, 4.69) is 20.9 Å². The number of nitrogens with zero attached hydrogens (tertiary/aromatic N) is 2. The van der Waals surface area contributed by atoms with Gasteiger partial charge in [0.2, 0.25) is 0 Å². The number of pyridine rings is 1. The highest BCUT2D eigenvalue weighted by Gasteiger charge is 2.30. The molecular weight excluding hydrogens is 320 g/mol. The van der Waals surface area contributed by atoms with Crippen LogP contribution in [0.5, 0.6) is 0 Å². The van der Waals surface area contributed by atoms with E-state index in [1.54, 1.807) is 30.3 Å². The van der Waals surface area contributed by atoms with Crippen molar-refractivity contribution in [2.24, 2.45) is 0 Å². The van der Waals surface area contributed by atoms with Crippen molar-refractivity contribution in [3.63, 3.8) is 0 Å². The normalized spacial score (nSPS) is 17.5. The number of halogens is 1. The largest absolute Gasteiger partial charge is 0.326 e. The number of aldehydes is 1. The van der Waals surface area contributed by atoms with Gasteiger partial charge in [-0.1, -0.05) is 19.3 Å². The second kappa shape index (κ2) is 6.97. The summed E-state index contributed by atoms with van der Waals surface area (Å²) in [6.45, 7) is 1.78. The third-order valence-corrected chi connectivity index (χ3v) is 4.22. The molecule has 0 N–H and O–H groups in total. The molecule has 0 saturated heterocycles. The zero-order valence-electron chi connectivity index (χ0n) is 11.6. The van der Waals surface area contributed by atoms with Gasteiger partial charge in [0, 0.05) is 22.9 Å². The first-order valence-electron chi connectivity index (χ1n) is 7.02. The fourth-order valence-corrected chi connectivity index (χ4v) is 3.15. The van der Waals surface area contributed by atoms with Crippen molar-refractivity contribution >= 4 is 28.1 Å². The Morgan fingerprint density at radius 2 is 2.10 bits per heavy atom. The molecule has 4 nitrogen and oxygen atoms in total. The Labute approximate surface area is 127 Å². The van der Waals surface area contributed by atoms with Crippen molar-refractivity contribution in [2.75, 3.05) is 0 Å². The smallest absolute Gasteiger partial charge is 0.256 e. The Bertz CT molecular complexity index is 487. The van der Waals surface area contributed by atoms with Gasteiger partial charge in [0.15, 0.2) is 0 Å². The SMILES string of the molecule is C[C@@H](C=O)N(C(=O)c1cncc(Br)c1)C1CCCCC1. The molecule has 1 aromatic rings. The van der Waals surface area contributed by atoms with Crippen molar-refractivity contribution in [1.82, 2.24) is 9.88 Å². The monoisotopic (exact) mass is 338 g/mol. The molecule has 108 valence electrons. The van der Waals surface area contributed by atoms with Crippen molar-refractivity contribution in [3.05, 3.63) is 28.5 Å². The maximum absolute atomic E-state index is 12.7. The second-order valence-corrected chi connectivity index (χ2v) is 6.19. The van der Waals surface area contributed by atoms with Gasteiger partial charge in [0.05, 0.1) is 11.6 Å². The highest BCUT2D eigenvalue weighted by Crippen LogP contribution is 2.25. The summed E-state index contributed by atoms with van der Waals surface area (Å²) in [6.07, 6.45) is 9.46. The van der Waals surface area contributed by atoms with E-state index in [4.69, 9.17) is 0 Å². The molecule has 0 spiro atoms. The number of carbonyl (C=O) groups is 2. The Kier molecular flexibility index (Phi) is 5.29. The summed E-state index contributed by atoms with van der Waals surface area (Å²) in [7, 11) is 0. The number of aromatic nitrogens is 1. The average Bonchev–Trinajstić information content (AvgIpc) is 2.48. The topological polar surface area (TPSA) is 50.3 Å². The summed E-state index contributed by atoms with van der Waals surface area (Å²) in [4.78, 5) is 29.6. The second-order valence-electron chi connectivity index (χ2n) is 5.27. The first kappa shape index (κ1) is 15.2. The fourth-order valence-electron chi connectivity index (χ4n) is 2.79. The van der Waals surface area contributed by atoms with Gasteiger partial charge in [-0.2, -0.15) is 0 Å². The lowest BCUT2D eigenvalue weighted by Crippen LogP contribution is -2.47. The van der Waals surface area contributed by atoms with Crippen molar-refractivity contribution in [1.29, 1.82) is 0 Å². The van der Waals surface area contributed by atoms with Crippen LogP contribution in [0.15, 0.2) is 22.9 Å². The lowest BCUT2D eigenvalue weighted by Gasteiger charge is -2.36. The molecule has 1 fully saturated rings. The number of amides is 1. The summed E-state index contributed by atoms with van der Waals surface area (Å²) in [5.41, 5.74) is 0.527. The van der Waals surface area contributed by atoms with E-state index in [1.165, 1.54) is 6.42 Å². The molecule has 0 aliphatic heterocycles. The van der Waals surface area contributed by atoms with Gasteiger partial charge in [-0.15, -0.1) is 0 Å². The van der Waals surface area contributed by atoms with E-state index in [9.17, 15) is 9.59 Å². The molecule has 20 heavy (non-hydrogen) atoms. The molecule has 1 aromatic heterocycles. The number of hydrogen-bond acceptors (Lipinski definition) is 3. The van der Waals surface area contributed by atoms with Gasteiger partial charge in [0.1, 0.15) is 6.29 Å². The maximum Gasteiger partial charge on any atom is 0.256 e. The lowest BCUT2D eigenvalue weighted by molar-refractivity contribution is -0.112. The highest BCUT2D eigenvalue weighted by atomic mass is 79.9. The molecule has 0 radical (unpaired) electrons. The molecule has 1 amide bonds. The van der Waals surface area contributed by atoms with Gasteiger partial charge in [0.25, 0.3) is 5.91 Å². The van der Waals surface area contributed by atoms with Crippen LogP contribution in [0.4, 0.5) is 0 Å². The standard InChI is InChI=1S/C15H19BrN2O2/c1-11(10-19)18(14-5-3-2-4-6-14)15(20)12-7-13(16)9-17-8-12/h7-11,14H,2-6H2,1H3/t11-/m0/s1.